The lowest BCUT2D eigenvalue weighted by Gasteiger charge is -2.09. The smallest absolute Gasteiger partial charge is 0.253 e. The van der Waals surface area contributed by atoms with Crippen molar-refractivity contribution in [1.29, 1.82) is 0 Å². The molecule has 0 amide bonds. The van der Waals surface area contributed by atoms with Crippen LogP contribution in [0.2, 0.25) is 0 Å². The summed E-state index contributed by atoms with van der Waals surface area (Å²) in [5.74, 6) is 2.40. The van der Waals surface area contributed by atoms with Gasteiger partial charge < -0.3 is 14.2 Å². The Labute approximate surface area is 176 Å². The van der Waals surface area contributed by atoms with E-state index < -0.39 is 0 Å². The Kier molecular flexibility index (Phi) is 5.61. The average Bonchev–Trinajstić information content (AvgIpc) is 2.83. The van der Waals surface area contributed by atoms with E-state index in [1.807, 2.05) is 88.5 Å². The zero-order valence-corrected chi connectivity index (χ0v) is 17.3. The van der Waals surface area contributed by atoms with Gasteiger partial charge in [0.05, 0.1) is 21.3 Å². The molecule has 2 heterocycles. The summed E-state index contributed by atoms with van der Waals surface area (Å²) >= 11 is 0. The van der Waals surface area contributed by atoms with Gasteiger partial charge in [-0.3, -0.25) is 0 Å². The predicted octanol–water partition coefficient (Wildman–Crippen LogP) is 3.93. The number of rotatable bonds is 6. The highest BCUT2D eigenvalue weighted by Crippen LogP contribution is 2.29. The second kappa shape index (κ2) is 8.66. The number of hydrogen-bond acceptors (Lipinski definition) is 3. The number of methoxy groups -OCH3 is 3. The lowest BCUT2D eigenvalue weighted by molar-refractivity contribution is -0.596. The second-order valence-corrected chi connectivity index (χ2v) is 6.67. The van der Waals surface area contributed by atoms with E-state index in [4.69, 9.17) is 14.2 Å². The normalized spacial score (nSPS) is 10.5. The topological polar surface area (TPSA) is 35.5 Å². The number of pyridine rings is 2. The van der Waals surface area contributed by atoms with Gasteiger partial charge in [0.25, 0.3) is 11.4 Å². The molecule has 0 N–H and O–H groups in total. The molecule has 0 saturated heterocycles. The summed E-state index contributed by atoms with van der Waals surface area (Å²) in [5.41, 5.74) is 4.01. The summed E-state index contributed by atoms with van der Waals surface area (Å²) in [6, 6.07) is 22.0. The van der Waals surface area contributed by atoms with E-state index >= 15 is 0 Å². The first-order chi connectivity index (χ1) is 14.7. The maximum absolute atomic E-state index is 5.70. The Bertz CT molecular complexity index is 1160. The summed E-state index contributed by atoms with van der Waals surface area (Å²) in [7, 11) is 5.04. The lowest BCUT2D eigenvalue weighted by Crippen LogP contribution is -2.31. The minimum atomic E-state index is 0.776. The van der Waals surface area contributed by atoms with Crippen molar-refractivity contribution in [3.05, 3.63) is 91.5 Å². The monoisotopic (exact) mass is 400 g/mol. The van der Waals surface area contributed by atoms with Gasteiger partial charge in [-0.25, -0.2) is 0 Å². The van der Waals surface area contributed by atoms with Crippen molar-refractivity contribution in [2.24, 2.45) is 0 Å². The van der Waals surface area contributed by atoms with Crippen LogP contribution in [0, 0.1) is 0 Å². The van der Waals surface area contributed by atoms with Crippen LogP contribution in [0.5, 0.6) is 17.2 Å². The van der Waals surface area contributed by atoms with Crippen molar-refractivity contribution < 1.29 is 23.3 Å². The fourth-order valence-corrected chi connectivity index (χ4v) is 3.48. The van der Waals surface area contributed by atoms with Crippen molar-refractivity contribution in [1.82, 2.24) is 0 Å². The quantitative estimate of drug-likeness (QED) is 0.460. The van der Waals surface area contributed by atoms with E-state index in [0.29, 0.717) is 0 Å². The molecule has 30 heavy (non-hydrogen) atoms. The van der Waals surface area contributed by atoms with Crippen LogP contribution in [0.3, 0.4) is 0 Å². The van der Waals surface area contributed by atoms with E-state index in [9.17, 15) is 0 Å². The van der Waals surface area contributed by atoms with Crippen LogP contribution in [-0.2, 0) is 0 Å². The molecule has 150 valence electrons. The van der Waals surface area contributed by atoms with E-state index in [1.165, 1.54) is 0 Å². The van der Waals surface area contributed by atoms with Crippen LogP contribution >= 0.6 is 0 Å². The second-order valence-electron chi connectivity index (χ2n) is 6.67. The summed E-state index contributed by atoms with van der Waals surface area (Å²) in [5, 5.41) is 0. The van der Waals surface area contributed by atoms with Crippen molar-refractivity contribution in [3.63, 3.8) is 0 Å². The summed E-state index contributed by atoms with van der Waals surface area (Å²) in [6.07, 6.45) is 8.02. The fourth-order valence-electron chi connectivity index (χ4n) is 3.48. The van der Waals surface area contributed by atoms with Crippen molar-refractivity contribution in [2.75, 3.05) is 21.3 Å². The molecule has 0 unspecified atom stereocenters. The van der Waals surface area contributed by atoms with Crippen molar-refractivity contribution in [2.45, 2.75) is 0 Å². The van der Waals surface area contributed by atoms with Gasteiger partial charge in [-0.1, -0.05) is 24.3 Å². The van der Waals surface area contributed by atoms with Crippen LogP contribution in [-0.4, -0.2) is 21.3 Å². The number of para-hydroxylation sites is 4. The highest BCUT2D eigenvalue weighted by molar-refractivity contribution is 5.68. The standard InChI is InChI=1S/C25H24N2O3/c1-28-23-10-6-4-8-21(23)26-15-12-19(13-16-26)20-14-17-27(18-25(20)30-3)22-9-5-7-11-24(22)29-2/h4-18H,1-3H3/q+2. The van der Waals surface area contributed by atoms with Gasteiger partial charge >= 0.3 is 0 Å². The maximum Gasteiger partial charge on any atom is 0.253 e. The van der Waals surface area contributed by atoms with Crippen LogP contribution < -0.4 is 23.3 Å². The molecule has 0 spiro atoms. The maximum atomic E-state index is 5.70. The average molecular weight is 400 g/mol. The van der Waals surface area contributed by atoms with E-state index in [-0.39, 0.29) is 0 Å². The number of hydrogen-bond donors (Lipinski definition) is 0. The van der Waals surface area contributed by atoms with Crippen LogP contribution in [0.15, 0.2) is 91.5 Å². The first-order valence-electron chi connectivity index (χ1n) is 9.63. The molecule has 0 saturated carbocycles. The Hall–Kier alpha value is -3.86. The SMILES string of the molecule is COc1c[n+](-c2ccccc2OC)ccc1-c1cc[n+](-c2ccccc2OC)cc1. The minimum absolute atomic E-state index is 0.776. The zero-order valence-electron chi connectivity index (χ0n) is 17.3. The van der Waals surface area contributed by atoms with E-state index in [2.05, 4.69) is 12.1 Å². The number of ether oxygens (including phenoxy) is 3. The van der Waals surface area contributed by atoms with E-state index in [0.717, 1.165) is 39.8 Å². The molecule has 0 aliphatic carbocycles. The molecule has 0 atom stereocenters. The zero-order chi connectivity index (χ0) is 20.9. The summed E-state index contributed by atoms with van der Waals surface area (Å²) < 4.78 is 20.7. The molecule has 0 bridgehead atoms. The molecule has 5 heteroatoms. The minimum Gasteiger partial charge on any atom is -0.490 e. The summed E-state index contributed by atoms with van der Waals surface area (Å²) in [4.78, 5) is 0. The molecule has 4 aromatic rings. The molecule has 2 aromatic carbocycles. The first kappa shape index (κ1) is 19.5. The molecule has 0 radical (unpaired) electrons. The van der Waals surface area contributed by atoms with Crippen molar-refractivity contribution in [3.8, 4) is 39.8 Å². The molecule has 0 aliphatic rings. The third-order valence-electron chi connectivity index (χ3n) is 5.01. The summed E-state index contributed by atoms with van der Waals surface area (Å²) in [6.45, 7) is 0. The number of aromatic nitrogens is 2. The molecule has 0 aliphatic heterocycles. The molecule has 2 aromatic heterocycles. The molecule has 4 rings (SSSR count). The van der Waals surface area contributed by atoms with Gasteiger partial charge in [0.1, 0.15) is 0 Å². The highest BCUT2D eigenvalue weighted by Gasteiger charge is 2.18. The molecule has 5 nitrogen and oxygen atoms in total. The highest BCUT2D eigenvalue weighted by atomic mass is 16.5. The lowest BCUT2D eigenvalue weighted by atomic mass is 10.1. The van der Waals surface area contributed by atoms with Crippen LogP contribution in [0.1, 0.15) is 0 Å². The van der Waals surface area contributed by atoms with Gasteiger partial charge in [0.2, 0.25) is 6.20 Å². The molecule has 0 fully saturated rings. The Balaban J connectivity index is 1.70. The Morgan fingerprint density at radius 2 is 1.03 bits per heavy atom. The number of benzene rings is 2. The third kappa shape index (κ3) is 3.70. The predicted molar refractivity (Wildman–Crippen MR) is 115 cm³/mol. The van der Waals surface area contributed by atoms with Gasteiger partial charge in [0.15, 0.2) is 35.8 Å². The van der Waals surface area contributed by atoms with E-state index in [1.54, 1.807) is 21.3 Å². The van der Waals surface area contributed by atoms with Gasteiger partial charge in [-0.2, -0.15) is 9.13 Å². The van der Waals surface area contributed by atoms with Gasteiger partial charge in [-0.05, 0) is 17.7 Å². The molecular weight excluding hydrogens is 376 g/mol. The molecular formula is C25H24N2O3+2. The van der Waals surface area contributed by atoms with Gasteiger partial charge in [0, 0.05) is 35.9 Å². The third-order valence-corrected chi connectivity index (χ3v) is 5.01. The van der Waals surface area contributed by atoms with Crippen LogP contribution in [0.25, 0.3) is 22.5 Å². The van der Waals surface area contributed by atoms with Crippen LogP contribution in [0.4, 0.5) is 0 Å². The fraction of sp³-hybridized carbons (Fsp3) is 0.120. The Morgan fingerprint density at radius 1 is 0.533 bits per heavy atom. The number of nitrogens with zero attached hydrogens (tertiary/aromatic N) is 2. The van der Waals surface area contributed by atoms with Crippen molar-refractivity contribution >= 4 is 0 Å². The Morgan fingerprint density at radius 3 is 1.60 bits per heavy atom. The first-order valence-corrected chi connectivity index (χ1v) is 9.63. The largest absolute Gasteiger partial charge is 0.490 e. The van der Waals surface area contributed by atoms with Gasteiger partial charge in [-0.15, -0.1) is 0 Å².